The Hall–Kier alpha value is -3.53. The maximum atomic E-state index is 13.6. The number of benzene rings is 2. The van der Waals surface area contributed by atoms with Gasteiger partial charge in [0.05, 0.1) is 35.7 Å². The van der Waals surface area contributed by atoms with E-state index in [9.17, 15) is 23.3 Å². The van der Waals surface area contributed by atoms with Crippen molar-refractivity contribution in [1.82, 2.24) is 5.32 Å². The minimum absolute atomic E-state index is 0.00321. The van der Waals surface area contributed by atoms with E-state index in [1.165, 1.54) is 0 Å². The van der Waals surface area contributed by atoms with Gasteiger partial charge in [-0.3, -0.25) is 19.3 Å². The van der Waals surface area contributed by atoms with Gasteiger partial charge in [-0.15, -0.1) is 0 Å². The van der Waals surface area contributed by atoms with Crippen molar-refractivity contribution in [3.8, 4) is 6.07 Å². The second-order valence-electron chi connectivity index (χ2n) is 11.8. The molecule has 3 atom stereocenters. The number of ketones is 1. The van der Waals surface area contributed by atoms with Crippen LogP contribution in [0.5, 0.6) is 0 Å². The third kappa shape index (κ3) is 8.43. The predicted molar refractivity (Wildman–Crippen MR) is 184 cm³/mol. The highest BCUT2D eigenvalue weighted by molar-refractivity contribution is 9.10. The lowest BCUT2D eigenvalue weighted by atomic mass is 9.70. The van der Waals surface area contributed by atoms with Crippen LogP contribution in [0.15, 0.2) is 57.1 Å². The summed E-state index contributed by atoms with van der Waals surface area (Å²) < 4.78 is 34.4. The lowest BCUT2D eigenvalue weighted by Crippen LogP contribution is -2.33. The fraction of sp³-hybridized carbons (Fsp3) is 0.471. The Morgan fingerprint density at radius 2 is 1.89 bits per heavy atom. The largest absolute Gasteiger partial charge is 0.383 e. The number of ether oxygens (including phenoxy) is 1. The number of anilines is 2. The average Bonchev–Trinajstić information content (AvgIpc) is 3.00. The van der Waals surface area contributed by atoms with Gasteiger partial charge >= 0.3 is 0 Å². The normalized spacial score (nSPS) is 19.6. The van der Waals surface area contributed by atoms with Crippen molar-refractivity contribution in [2.45, 2.75) is 65.3 Å². The van der Waals surface area contributed by atoms with Crippen LogP contribution in [0, 0.1) is 23.2 Å². The Balaban J connectivity index is 1.69. The third-order valence-electron chi connectivity index (χ3n) is 8.30. The van der Waals surface area contributed by atoms with Crippen molar-refractivity contribution >= 4 is 54.7 Å². The molecular formula is C34H42BrN5O5S. The van der Waals surface area contributed by atoms with Crippen molar-refractivity contribution in [2.75, 3.05) is 36.1 Å². The molecule has 0 aromatic heterocycles. The molecule has 10 nitrogen and oxygen atoms in total. The number of sulfonamides is 1. The Morgan fingerprint density at radius 3 is 2.54 bits per heavy atom. The first-order chi connectivity index (χ1) is 22.0. The van der Waals surface area contributed by atoms with Gasteiger partial charge in [0.15, 0.2) is 5.78 Å². The van der Waals surface area contributed by atoms with E-state index in [1.807, 2.05) is 25.1 Å². The zero-order valence-electron chi connectivity index (χ0n) is 26.8. The van der Waals surface area contributed by atoms with Crippen molar-refractivity contribution in [1.29, 1.82) is 5.26 Å². The van der Waals surface area contributed by atoms with Crippen molar-refractivity contribution < 1.29 is 22.7 Å². The molecule has 46 heavy (non-hydrogen) atoms. The summed E-state index contributed by atoms with van der Waals surface area (Å²) in [6.45, 7) is 6.89. The van der Waals surface area contributed by atoms with Crippen LogP contribution in [-0.4, -0.2) is 51.8 Å². The molecule has 1 aliphatic heterocycles. The van der Waals surface area contributed by atoms with E-state index < -0.39 is 21.9 Å². The molecule has 0 saturated carbocycles. The number of nitriles is 1. The minimum Gasteiger partial charge on any atom is -0.383 e. The summed E-state index contributed by atoms with van der Waals surface area (Å²) in [6.07, 6.45) is 3.45. The number of nitrogens with zero attached hydrogens (tertiary/aromatic N) is 2. The van der Waals surface area contributed by atoms with Crippen LogP contribution in [0.4, 0.5) is 11.4 Å². The van der Waals surface area contributed by atoms with Crippen molar-refractivity contribution in [2.24, 2.45) is 16.8 Å². The van der Waals surface area contributed by atoms with Gasteiger partial charge in [-0.05, 0) is 83.4 Å². The number of carbonyl (C=O) groups excluding carboxylic acids is 2. The van der Waals surface area contributed by atoms with E-state index in [4.69, 9.17) is 9.73 Å². The first kappa shape index (κ1) is 35.3. The van der Waals surface area contributed by atoms with E-state index in [0.29, 0.717) is 77.2 Å². The van der Waals surface area contributed by atoms with Crippen LogP contribution in [0.25, 0.3) is 0 Å². The summed E-state index contributed by atoms with van der Waals surface area (Å²) in [5, 5.41) is 16.4. The second-order valence-corrected chi connectivity index (χ2v) is 14.5. The molecule has 2 aliphatic rings. The number of methoxy groups -OCH3 is 1. The molecule has 12 heteroatoms. The number of aliphatic imine (C=N–C) groups is 1. The Morgan fingerprint density at radius 1 is 1.15 bits per heavy atom. The van der Waals surface area contributed by atoms with Gasteiger partial charge in [0, 0.05) is 59.6 Å². The van der Waals surface area contributed by atoms with Crippen LogP contribution < -0.4 is 15.4 Å². The lowest BCUT2D eigenvalue weighted by molar-refractivity contribution is -0.117. The third-order valence-corrected chi connectivity index (χ3v) is 10.4. The maximum Gasteiger partial charge on any atom is 0.251 e. The molecule has 0 radical (unpaired) electrons. The second kappa shape index (κ2) is 15.8. The number of hydrogen-bond donors (Lipinski definition) is 3. The Bertz CT molecular complexity index is 1660. The molecule has 246 valence electrons. The zero-order valence-corrected chi connectivity index (χ0v) is 29.2. The fourth-order valence-electron chi connectivity index (χ4n) is 6.16. The Kier molecular flexibility index (Phi) is 12.2. The van der Waals surface area contributed by atoms with Crippen molar-refractivity contribution in [3.63, 3.8) is 0 Å². The average molecular weight is 713 g/mol. The first-order valence-corrected chi connectivity index (χ1v) is 18.1. The number of amides is 1. The van der Waals surface area contributed by atoms with Gasteiger partial charge in [-0.25, -0.2) is 8.42 Å². The van der Waals surface area contributed by atoms with Gasteiger partial charge in [0.25, 0.3) is 5.91 Å². The molecule has 1 aliphatic carbocycles. The summed E-state index contributed by atoms with van der Waals surface area (Å²) in [4.78, 5) is 30.7. The molecule has 1 amide bonds. The van der Waals surface area contributed by atoms with Gasteiger partial charge in [0.2, 0.25) is 10.0 Å². The van der Waals surface area contributed by atoms with Crippen LogP contribution in [0.3, 0.4) is 0 Å². The molecular weight excluding hydrogens is 670 g/mol. The quantitative estimate of drug-likeness (QED) is 0.194. The molecule has 2 aromatic rings. The molecule has 0 bridgehead atoms. The predicted octanol–water partition coefficient (Wildman–Crippen LogP) is 6.32. The van der Waals surface area contributed by atoms with E-state index >= 15 is 0 Å². The molecule has 3 unspecified atom stereocenters. The number of nitrogens with one attached hydrogen (secondary N) is 3. The van der Waals surface area contributed by atoms with Gasteiger partial charge in [0.1, 0.15) is 0 Å². The summed E-state index contributed by atoms with van der Waals surface area (Å²) in [7, 11) is -2.12. The lowest BCUT2D eigenvalue weighted by Gasteiger charge is -2.35. The van der Waals surface area contributed by atoms with Crippen LogP contribution in [0.2, 0.25) is 0 Å². The number of rotatable bonds is 14. The fourth-order valence-corrected chi connectivity index (χ4v) is 7.92. The Labute approximate surface area is 280 Å². The molecule has 1 heterocycles. The standard InChI is InChI=1S/C34H42BrN5O5S/c1-5-7-23-15-28-32(30(41)16-23)31(26(19-36)21(3)39-28)25-17-27(35)33(29(18-25)40-46(43,44)14-6-2)38-20-22-8-10-24(11-9-22)34(42)37-12-13-45-4/h8-11,17-18,23,26,31,38,40H,5-7,12-16,20H2,1-4H3,(H,37,42). The molecule has 2 aromatic carbocycles. The maximum absolute atomic E-state index is 13.6. The molecule has 0 spiro atoms. The highest BCUT2D eigenvalue weighted by Gasteiger charge is 2.41. The van der Waals surface area contributed by atoms with Gasteiger partial charge in [-0.2, -0.15) is 5.26 Å². The van der Waals surface area contributed by atoms with E-state index in [-0.39, 0.29) is 23.4 Å². The van der Waals surface area contributed by atoms with Gasteiger partial charge in [-0.1, -0.05) is 32.4 Å². The van der Waals surface area contributed by atoms with E-state index in [1.54, 1.807) is 32.2 Å². The molecule has 0 saturated heterocycles. The first-order valence-electron chi connectivity index (χ1n) is 15.7. The highest BCUT2D eigenvalue weighted by atomic mass is 79.9. The topological polar surface area (TPSA) is 150 Å². The minimum atomic E-state index is -3.69. The van der Waals surface area contributed by atoms with Crippen molar-refractivity contribution in [3.05, 3.63) is 68.8 Å². The number of halogens is 1. The summed E-state index contributed by atoms with van der Waals surface area (Å²) >= 11 is 3.66. The van der Waals surface area contributed by atoms with Crippen LogP contribution in [-0.2, 0) is 26.1 Å². The number of allylic oxidation sites excluding steroid dienone is 2. The monoisotopic (exact) mass is 711 g/mol. The van der Waals surface area contributed by atoms with E-state index in [0.717, 1.165) is 24.1 Å². The number of carbonyl (C=O) groups is 2. The summed E-state index contributed by atoms with van der Waals surface area (Å²) in [5.74, 6) is -1.28. The highest BCUT2D eigenvalue weighted by Crippen LogP contribution is 2.47. The number of Topliss-reactive ketones (excluding diaryl/α,β-unsaturated/α-hetero) is 1. The van der Waals surface area contributed by atoms with Gasteiger partial charge < -0.3 is 15.4 Å². The van der Waals surface area contributed by atoms with Crippen LogP contribution in [0.1, 0.15) is 80.3 Å². The zero-order chi connectivity index (χ0) is 33.4. The van der Waals surface area contributed by atoms with Crippen LogP contribution >= 0.6 is 15.9 Å². The summed E-state index contributed by atoms with van der Waals surface area (Å²) in [5.41, 5.74) is 4.84. The van der Waals surface area contributed by atoms with E-state index in [2.05, 4.69) is 44.3 Å². The summed E-state index contributed by atoms with van der Waals surface area (Å²) in [6, 6.07) is 13.1. The smallest absolute Gasteiger partial charge is 0.251 e. The SMILES string of the molecule is CCCC1CC(=O)C2=C(C1)N=C(C)C(C#N)C2c1cc(Br)c(NCc2ccc(C(=O)NCCOC)cc2)c(NS(=O)(=O)CCC)c1. The molecule has 3 N–H and O–H groups in total. The molecule has 4 rings (SSSR count). The number of hydrogen-bond acceptors (Lipinski definition) is 8. The molecule has 0 fully saturated rings.